The zero-order valence-corrected chi connectivity index (χ0v) is 10.6. The molecule has 5 heteroatoms. The number of aromatic nitrogens is 4. The molecule has 1 aromatic carbocycles. The topological polar surface area (TPSA) is 43.6 Å². The first-order valence-electron chi connectivity index (χ1n) is 5.60. The Balaban J connectivity index is 2.01. The first-order valence-corrected chi connectivity index (χ1v) is 5.98. The molecule has 0 unspecified atom stereocenters. The Labute approximate surface area is 109 Å². The third-order valence-electron chi connectivity index (χ3n) is 2.71. The van der Waals surface area contributed by atoms with Gasteiger partial charge in [0, 0.05) is 17.4 Å². The molecular formula is C13H11ClN4. The number of fused-ring (bicyclic) bond motifs is 1. The van der Waals surface area contributed by atoms with E-state index in [0.717, 1.165) is 21.8 Å². The number of aryl methyl sites for hydroxylation is 1. The van der Waals surface area contributed by atoms with Gasteiger partial charge in [0.25, 0.3) is 0 Å². The summed E-state index contributed by atoms with van der Waals surface area (Å²) in [4.78, 5) is 12.7. The van der Waals surface area contributed by atoms with Crippen molar-refractivity contribution in [1.82, 2.24) is 19.5 Å². The van der Waals surface area contributed by atoms with Crippen molar-refractivity contribution < 1.29 is 0 Å². The monoisotopic (exact) mass is 258 g/mol. The summed E-state index contributed by atoms with van der Waals surface area (Å²) in [5.74, 6) is 0. The predicted molar refractivity (Wildman–Crippen MR) is 70.6 cm³/mol. The highest BCUT2D eigenvalue weighted by atomic mass is 35.5. The Kier molecular flexibility index (Phi) is 2.72. The van der Waals surface area contributed by atoms with Gasteiger partial charge >= 0.3 is 0 Å². The molecule has 2 aromatic heterocycles. The fourth-order valence-electron chi connectivity index (χ4n) is 2.01. The Morgan fingerprint density at radius 3 is 2.78 bits per heavy atom. The van der Waals surface area contributed by atoms with Gasteiger partial charge in [0.1, 0.15) is 0 Å². The maximum Gasteiger partial charge on any atom is 0.197 e. The van der Waals surface area contributed by atoms with Crippen LogP contribution in [0.5, 0.6) is 0 Å². The normalized spacial score (nSPS) is 11.0. The lowest BCUT2D eigenvalue weighted by atomic mass is 10.1. The molecule has 0 fully saturated rings. The molecule has 3 rings (SSSR count). The van der Waals surface area contributed by atoms with E-state index in [2.05, 4.69) is 21.0 Å². The zero-order chi connectivity index (χ0) is 12.5. The maximum absolute atomic E-state index is 6.06. The molecule has 18 heavy (non-hydrogen) atoms. The molecule has 0 aliphatic carbocycles. The first kappa shape index (κ1) is 11.2. The van der Waals surface area contributed by atoms with E-state index in [1.807, 2.05) is 23.6 Å². The van der Waals surface area contributed by atoms with Gasteiger partial charge in [-0.3, -0.25) is 0 Å². The lowest BCUT2D eigenvalue weighted by Gasteiger charge is -2.05. The van der Waals surface area contributed by atoms with Crippen molar-refractivity contribution in [3.8, 4) is 0 Å². The van der Waals surface area contributed by atoms with Crippen molar-refractivity contribution in [3.05, 3.63) is 53.1 Å². The summed E-state index contributed by atoms with van der Waals surface area (Å²) in [6.07, 6.45) is 5.06. The number of benzene rings is 1. The summed E-state index contributed by atoms with van der Waals surface area (Å²) in [6.45, 7) is 2.72. The molecule has 0 amide bonds. The number of imidazole rings is 1. The van der Waals surface area contributed by atoms with E-state index in [1.54, 1.807) is 18.7 Å². The molecule has 90 valence electrons. The van der Waals surface area contributed by atoms with E-state index in [-0.39, 0.29) is 0 Å². The fourth-order valence-corrected chi connectivity index (χ4v) is 2.32. The van der Waals surface area contributed by atoms with Crippen LogP contribution >= 0.6 is 11.6 Å². The van der Waals surface area contributed by atoms with E-state index in [0.29, 0.717) is 12.2 Å². The number of halogens is 1. The average Bonchev–Trinajstić information content (AvgIpc) is 2.72. The van der Waals surface area contributed by atoms with Crippen molar-refractivity contribution in [3.63, 3.8) is 0 Å². The van der Waals surface area contributed by atoms with Gasteiger partial charge < -0.3 is 4.57 Å². The average molecular weight is 259 g/mol. The van der Waals surface area contributed by atoms with Crippen molar-refractivity contribution in [2.75, 3.05) is 0 Å². The quantitative estimate of drug-likeness (QED) is 0.710. The fraction of sp³-hybridized carbons (Fsp3) is 0.154. The number of hydrogen-bond donors (Lipinski definition) is 0. The molecule has 0 saturated carbocycles. The van der Waals surface area contributed by atoms with E-state index < -0.39 is 0 Å². The van der Waals surface area contributed by atoms with Gasteiger partial charge in [-0.25, -0.2) is 15.0 Å². The van der Waals surface area contributed by atoms with Crippen molar-refractivity contribution in [2.45, 2.75) is 13.5 Å². The second kappa shape index (κ2) is 4.38. The zero-order valence-electron chi connectivity index (χ0n) is 9.84. The Morgan fingerprint density at radius 1 is 1.11 bits per heavy atom. The smallest absolute Gasteiger partial charge is 0.197 e. The van der Waals surface area contributed by atoms with Crippen LogP contribution in [0.2, 0.25) is 5.02 Å². The van der Waals surface area contributed by atoms with Gasteiger partial charge in [0.15, 0.2) is 11.3 Å². The highest BCUT2D eigenvalue weighted by Crippen LogP contribution is 2.16. The van der Waals surface area contributed by atoms with Crippen LogP contribution in [0, 0.1) is 6.92 Å². The van der Waals surface area contributed by atoms with E-state index >= 15 is 0 Å². The molecule has 0 bridgehead atoms. The molecule has 4 nitrogen and oxygen atoms in total. The Hall–Kier alpha value is -1.94. The minimum atomic E-state index is 0.663. The SMILES string of the molecule is Cc1cc(Cl)cc(Cn2cnc3nccnc32)c1. The molecule has 0 saturated heterocycles. The number of hydrogen-bond acceptors (Lipinski definition) is 3. The largest absolute Gasteiger partial charge is 0.309 e. The van der Waals surface area contributed by atoms with E-state index in [1.165, 1.54) is 0 Å². The van der Waals surface area contributed by atoms with Gasteiger partial charge in [0.05, 0.1) is 12.9 Å². The summed E-state index contributed by atoms with van der Waals surface area (Å²) in [7, 11) is 0. The molecule has 0 N–H and O–H groups in total. The standard InChI is InChI=1S/C13H11ClN4/c1-9-4-10(6-11(14)5-9)7-18-8-17-12-13(18)16-3-2-15-12/h2-6,8H,7H2,1H3. The molecule has 0 aliphatic heterocycles. The van der Waals surface area contributed by atoms with E-state index in [9.17, 15) is 0 Å². The highest BCUT2D eigenvalue weighted by Gasteiger charge is 2.05. The summed E-state index contributed by atoms with van der Waals surface area (Å²) in [5.41, 5.74) is 3.73. The molecule has 2 heterocycles. The van der Waals surface area contributed by atoms with Gasteiger partial charge in [0.2, 0.25) is 0 Å². The van der Waals surface area contributed by atoms with Crippen LogP contribution < -0.4 is 0 Å². The van der Waals surface area contributed by atoms with Crippen LogP contribution in [-0.4, -0.2) is 19.5 Å². The Morgan fingerprint density at radius 2 is 1.94 bits per heavy atom. The lowest BCUT2D eigenvalue weighted by Crippen LogP contribution is -1.99. The second-order valence-electron chi connectivity index (χ2n) is 4.21. The van der Waals surface area contributed by atoms with Crippen molar-refractivity contribution in [2.24, 2.45) is 0 Å². The lowest BCUT2D eigenvalue weighted by molar-refractivity contribution is 0.813. The first-order chi connectivity index (χ1) is 8.72. The second-order valence-corrected chi connectivity index (χ2v) is 4.65. The Bertz CT molecular complexity index is 685. The molecule has 0 radical (unpaired) electrons. The molecular weight excluding hydrogens is 248 g/mol. The van der Waals surface area contributed by atoms with Gasteiger partial charge in [-0.05, 0) is 30.2 Å². The van der Waals surface area contributed by atoms with Crippen LogP contribution in [-0.2, 0) is 6.54 Å². The number of rotatable bonds is 2. The van der Waals surface area contributed by atoms with Crippen molar-refractivity contribution in [1.29, 1.82) is 0 Å². The predicted octanol–water partition coefficient (Wildman–Crippen LogP) is 2.84. The maximum atomic E-state index is 6.06. The van der Waals surface area contributed by atoms with Crippen LogP contribution in [0.3, 0.4) is 0 Å². The molecule has 0 aliphatic rings. The summed E-state index contributed by atoms with van der Waals surface area (Å²) >= 11 is 6.06. The summed E-state index contributed by atoms with van der Waals surface area (Å²) in [6, 6.07) is 6.00. The molecule has 3 aromatic rings. The van der Waals surface area contributed by atoms with Crippen LogP contribution in [0.4, 0.5) is 0 Å². The summed E-state index contributed by atoms with van der Waals surface area (Å²) in [5, 5.41) is 0.750. The van der Waals surface area contributed by atoms with Crippen LogP contribution in [0.15, 0.2) is 36.9 Å². The molecule has 0 spiro atoms. The third-order valence-corrected chi connectivity index (χ3v) is 2.92. The minimum Gasteiger partial charge on any atom is -0.309 e. The summed E-state index contributed by atoms with van der Waals surface area (Å²) < 4.78 is 1.97. The van der Waals surface area contributed by atoms with Gasteiger partial charge in [-0.15, -0.1) is 0 Å². The van der Waals surface area contributed by atoms with Crippen LogP contribution in [0.25, 0.3) is 11.3 Å². The van der Waals surface area contributed by atoms with Gasteiger partial charge in [-0.2, -0.15) is 0 Å². The number of nitrogens with zero attached hydrogens (tertiary/aromatic N) is 4. The third kappa shape index (κ3) is 2.07. The minimum absolute atomic E-state index is 0.663. The van der Waals surface area contributed by atoms with Gasteiger partial charge in [-0.1, -0.05) is 17.7 Å². The van der Waals surface area contributed by atoms with E-state index in [4.69, 9.17) is 11.6 Å². The van der Waals surface area contributed by atoms with Crippen molar-refractivity contribution >= 4 is 22.9 Å². The van der Waals surface area contributed by atoms with Crippen LogP contribution in [0.1, 0.15) is 11.1 Å². The molecule has 0 atom stereocenters. The highest BCUT2D eigenvalue weighted by molar-refractivity contribution is 6.30.